The van der Waals surface area contributed by atoms with Crippen molar-refractivity contribution in [1.82, 2.24) is 20.2 Å². The summed E-state index contributed by atoms with van der Waals surface area (Å²) in [5.41, 5.74) is 4.66. The Morgan fingerprint density at radius 3 is 2.71 bits per heavy atom. The number of nitrogens with zero attached hydrogens (tertiary/aromatic N) is 4. The highest BCUT2D eigenvalue weighted by Crippen LogP contribution is 2.38. The van der Waals surface area contributed by atoms with E-state index in [4.69, 9.17) is 19.4 Å². The van der Waals surface area contributed by atoms with E-state index in [0.717, 1.165) is 62.6 Å². The van der Waals surface area contributed by atoms with E-state index in [1.807, 2.05) is 0 Å². The molecule has 180 valence electrons. The van der Waals surface area contributed by atoms with Crippen LogP contribution < -0.4 is 15.0 Å². The van der Waals surface area contributed by atoms with Gasteiger partial charge in [-0.25, -0.2) is 0 Å². The van der Waals surface area contributed by atoms with Gasteiger partial charge in [-0.3, -0.25) is 0 Å². The Kier molecular flexibility index (Phi) is 6.94. The molecule has 1 atom stereocenters. The van der Waals surface area contributed by atoms with Crippen LogP contribution in [0.3, 0.4) is 0 Å². The molecule has 0 aliphatic carbocycles. The van der Waals surface area contributed by atoms with Crippen LogP contribution in [0.25, 0.3) is 10.8 Å². The molecule has 0 saturated carbocycles. The van der Waals surface area contributed by atoms with Crippen molar-refractivity contribution in [2.45, 2.75) is 32.5 Å². The predicted octanol–water partition coefficient (Wildman–Crippen LogP) is 3.49. The van der Waals surface area contributed by atoms with E-state index in [1.54, 1.807) is 0 Å². The zero-order valence-electron chi connectivity index (χ0n) is 20.5. The molecule has 3 heterocycles. The van der Waals surface area contributed by atoms with Crippen molar-refractivity contribution in [2.75, 3.05) is 58.3 Å². The number of aryl methyl sites for hydroxylation is 1. The van der Waals surface area contributed by atoms with Crippen molar-refractivity contribution in [2.24, 2.45) is 0 Å². The summed E-state index contributed by atoms with van der Waals surface area (Å²) in [7, 11) is 4.15. The Morgan fingerprint density at radius 1 is 1.12 bits per heavy atom. The Morgan fingerprint density at radius 2 is 1.91 bits per heavy atom. The molecule has 1 fully saturated rings. The monoisotopic (exact) mass is 461 g/mol. The van der Waals surface area contributed by atoms with Crippen molar-refractivity contribution in [3.8, 4) is 6.01 Å². The number of rotatable bonds is 7. The number of ether oxygens (including phenoxy) is 2. The molecule has 2 aliphatic heterocycles. The predicted molar refractivity (Wildman–Crippen MR) is 136 cm³/mol. The molecule has 0 spiro atoms. The molecular formula is C27H35N5O2. The van der Waals surface area contributed by atoms with Gasteiger partial charge in [0.15, 0.2) is 0 Å². The summed E-state index contributed by atoms with van der Waals surface area (Å²) in [4.78, 5) is 14.3. The molecule has 0 radical (unpaired) electrons. The minimum atomic E-state index is -0.0373. The number of benzene rings is 2. The fourth-order valence-corrected chi connectivity index (χ4v) is 5.01. The SMILES string of the molecule is Cc1cccc2cccc(C3Cc4nc(OCCCN(C)C)nc(N5CCNCC5)c4CO3)c12. The molecule has 7 heteroatoms. The van der Waals surface area contributed by atoms with Crippen molar-refractivity contribution in [3.63, 3.8) is 0 Å². The van der Waals surface area contributed by atoms with Crippen LogP contribution >= 0.6 is 0 Å². The molecule has 0 bridgehead atoms. The third-order valence-corrected chi connectivity index (χ3v) is 6.75. The van der Waals surface area contributed by atoms with Gasteiger partial charge >= 0.3 is 6.01 Å². The summed E-state index contributed by atoms with van der Waals surface area (Å²) in [6, 6.07) is 13.4. The smallest absolute Gasteiger partial charge is 0.318 e. The third kappa shape index (κ3) is 4.87. The van der Waals surface area contributed by atoms with Gasteiger partial charge in [-0.05, 0) is 49.3 Å². The van der Waals surface area contributed by atoms with Crippen LogP contribution in [0.5, 0.6) is 6.01 Å². The Hall–Kier alpha value is -2.74. The van der Waals surface area contributed by atoms with Gasteiger partial charge in [0.2, 0.25) is 0 Å². The summed E-state index contributed by atoms with van der Waals surface area (Å²) in [5.74, 6) is 0.974. The van der Waals surface area contributed by atoms with Crippen molar-refractivity contribution in [1.29, 1.82) is 0 Å². The van der Waals surface area contributed by atoms with Gasteiger partial charge < -0.3 is 24.6 Å². The number of piperazine rings is 1. The molecule has 7 nitrogen and oxygen atoms in total. The molecule has 1 aromatic heterocycles. The van der Waals surface area contributed by atoms with Gasteiger partial charge in [0.25, 0.3) is 0 Å². The molecule has 1 saturated heterocycles. The highest BCUT2D eigenvalue weighted by molar-refractivity contribution is 5.89. The number of anilines is 1. The lowest BCUT2D eigenvalue weighted by Gasteiger charge is -2.33. The molecule has 3 aromatic rings. The van der Waals surface area contributed by atoms with Crippen LogP contribution in [0.15, 0.2) is 36.4 Å². The van der Waals surface area contributed by atoms with Crippen molar-refractivity contribution >= 4 is 16.6 Å². The first-order valence-corrected chi connectivity index (χ1v) is 12.3. The van der Waals surface area contributed by atoms with Crippen LogP contribution in [-0.2, 0) is 17.8 Å². The molecule has 0 amide bonds. The Labute approximate surface area is 202 Å². The standard InChI is InChI=1S/C27H35N5O2/c1-19-7-4-8-20-9-5-10-21(25(19)20)24-17-23-22(18-34-24)26(32-14-11-28-12-15-32)30-27(29-23)33-16-6-13-31(2)3/h4-5,7-10,24,28H,6,11-18H2,1-3H3. The minimum absolute atomic E-state index is 0.0373. The highest BCUT2D eigenvalue weighted by Gasteiger charge is 2.29. The number of fused-ring (bicyclic) bond motifs is 2. The van der Waals surface area contributed by atoms with Crippen LogP contribution in [-0.4, -0.2) is 68.3 Å². The fourth-order valence-electron chi connectivity index (χ4n) is 5.01. The van der Waals surface area contributed by atoms with E-state index in [9.17, 15) is 0 Å². The lowest BCUT2D eigenvalue weighted by atomic mass is 9.92. The third-order valence-electron chi connectivity index (χ3n) is 6.75. The van der Waals surface area contributed by atoms with Crippen LogP contribution in [0.2, 0.25) is 0 Å². The maximum atomic E-state index is 6.48. The zero-order valence-corrected chi connectivity index (χ0v) is 20.5. The van der Waals surface area contributed by atoms with E-state index in [-0.39, 0.29) is 6.10 Å². The molecule has 2 aromatic carbocycles. The molecule has 2 aliphatic rings. The maximum Gasteiger partial charge on any atom is 0.318 e. The number of hydrogen-bond donors (Lipinski definition) is 1. The number of nitrogens with one attached hydrogen (secondary N) is 1. The van der Waals surface area contributed by atoms with E-state index >= 15 is 0 Å². The first-order chi connectivity index (χ1) is 16.6. The molecule has 5 rings (SSSR count). The van der Waals surface area contributed by atoms with Gasteiger partial charge in [-0.2, -0.15) is 9.97 Å². The van der Waals surface area contributed by atoms with Crippen molar-refractivity contribution < 1.29 is 9.47 Å². The molecule has 1 N–H and O–H groups in total. The average Bonchev–Trinajstić information content (AvgIpc) is 2.86. The van der Waals surface area contributed by atoms with Gasteiger partial charge in [-0.1, -0.05) is 36.4 Å². The summed E-state index contributed by atoms with van der Waals surface area (Å²) in [6.07, 6.45) is 1.63. The van der Waals surface area contributed by atoms with Crippen LogP contribution in [0.4, 0.5) is 5.82 Å². The Bertz CT molecular complexity index is 1140. The van der Waals surface area contributed by atoms with E-state index in [1.165, 1.54) is 21.9 Å². The first-order valence-electron chi connectivity index (χ1n) is 12.3. The lowest BCUT2D eigenvalue weighted by molar-refractivity contribution is 0.0265. The molecular weight excluding hydrogens is 426 g/mol. The maximum absolute atomic E-state index is 6.48. The number of aromatic nitrogens is 2. The van der Waals surface area contributed by atoms with Gasteiger partial charge in [0.05, 0.1) is 25.0 Å². The fraction of sp³-hybridized carbons (Fsp3) is 0.481. The minimum Gasteiger partial charge on any atom is -0.463 e. The van der Waals surface area contributed by atoms with Gasteiger partial charge in [0, 0.05) is 44.7 Å². The molecule has 34 heavy (non-hydrogen) atoms. The van der Waals surface area contributed by atoms with Crippen LogP contribution in [0, 0.1) is 6.92 Å². The van der Waals surface area contributed by atoms with E-state index in [2.05, 4.69) is 72.5 Å². The average molecular weight is 462 g/mol. The van der Waals surface area contributed by atoms with Gasteiger partial charge in [-0.15, -0.1) is 0 Å². The number of hydrogen-bond acceptors (Lipinski definition) is 7. The zero-order chi connectivity index (χ0) is 23.5. The van der Waals surface area contributed by atoms with Crippen molar-refractivity contribution in [3.05, 3.63) is 58.8 Å². The summed E-state index contributed by atoms with van der Waals surface area (Å²) < 4.78 is 12.5. The lowest BCUT2D eigenvalue weighted by Crippen LogP contribution is -2.44. The highest BCUT2D eigenvalue weighted by atomic mass is 16.5. The topological polar surface area (TPSA) is 62.8 Å². The second-order valence-corrected chi connectivity index (χ2v) is 9.52. The quantitative estimate of drug-likeness (QED) is 0.541. The summed E-state index contributed by atoms with van der Waals surface area (Å²) in [6.45, 7) is 8.04. The second-order valence-electron chi connectivity index (χ2n) is 9.52. The van der Waals surface area contributed by atoms with Gasteiger partial charge in [0.1, 0.15) is 5.82 Å². The largest absolute Gasteiger partial charge is 0.463 e. The summed E-state index contributed by atoms with van der Waals surface area (Å²) in [5, 5.41) is 5.97. The van der Waals surface area contributed by atoms with Crippen LogP contribution in [0.1, 0.15) is 34.9 Å². The van der Waals surface area contributed by atoms with E-state index in [0.29, 0.717) is 19.2 Å². The Balaban J connectivity index is 1.46. The van der Waals surface area contributed by atoms with E-state index < -0.39 is 0 Å². The first kappa shape index (κ1) is 23.0. The molecule has 1 unspecified atom stereocenters. The second kappa shape index (κ2) is 10.3. The summed E-state index contributed by atoms with van der Waals surface area (Å²) >= 11 is 0. The normalized spacial score (nSPS) is 18.4.